The van der Waals surface area contributed by atoms with Crippen LogP contribution in [0.4, 0.5) is 0 Å². The van der Waals surface area contributed by atoms with Crippen molar-refractivity contribution >= 4 is 22.9 Å². The molecule has 0 spiro atoms. The van der Waals surface area contributed by atoms with Crippen LogP contribution in [0.1, 0.15) is 223 Å². The molecule has 23 rings (SSSR count). The topological polar surface area (TPSA) is 58.2 Å². The zero-order valence-electron chi connectivity index (χ0n) is 65.9. The second-order valence-corrected chi connectivity index (χ2v) is 28.9. The number of rotatable bonds is 0. The van der Waals surface area contributed by atoms with E-state index in [1.807, 2.05) is 84.9 Å². The van der Waals surface area contributed by atoms with Crippen LogP contribution in [0, 0.1) is 0 Å². The molecule has 678 valence electrons. The molecule has 5 aliphatic carbocycles. The van der Waals surface area contributed by atoms with E-state index in [4.69, 9.17) is 23.7 Å². The molecule has 6 heteroatoms. The molecular weight excluding hydrogens is 1540 g/mol. The molecule has 0 saturated carbocycles. The largest absolute Gasteiger partial charge is 0.493 e. The molecule has 0 fully saturated rings. The summed E-state index contributed by atoms with van der Waals surface area (Å²) in [6, 6.07) is 113. The van der Waals surface area contributed by atoms with Gasteiger partial charge in [-0.3, -0.25) is 0 Å². The lowest BCUT2D eigenvalue weighted by molar-refractivity contribution is 0.111. The van der Waals surface area contributed by atoms with Crippen LogP contribution in [0.25, 0.3) is 22.9 Å². The Morgan fingerprint density at radius 1 is 0.198 bits per heavy atom. The molecule has 0 bridgehead atoms. The number of aryl methyl sites for hydroxylation is 6. The number of para-hydroxylation sites is 3. The van der Waals surface area contributed by atoms with Gasteiger partial charge in [0.1, 0.15) is 19.0 Å². The molecule has 5 heterocycles. The van der Waals surface area contributed by atoms with Gasteiger partial charge in [0.05, 0.1) is 33.0 Å². The monoisotopic (exact) mass is 1700 g/mol. The summed E-state index contributed by atoms with van der Waals surface area (Å²) in [6.07, 6.45) is 33.0. The van der Waals surface area contributed by atoms with Gasteiger partial charge in [0.15, 0.2) is 11.5 Å². The van der Waals surface area contributed by atoms with Crippen molar-refractivity contribution < 1.29 is 23.7 Å². The van der Waals surface area contributed by atoms with Gasteiger partial charge in [-0.25, -0.2) is 0 Å². The first-order valence-corrected chi connectivity index (χ1v) is 41.0. The van der Waals surface area contributed by atoms with E-state index in [2.05, 4.69) is 284 Å². The normalized spacial score (nSPS) is 13.0. The Bertz CT molecular complexity index is 4380. The minimum atomic E-state index is 0. The second-order valence-electron chi connectivity index (χ2n) is 28.9. The first kappa shape index (κ1) is 117. The summed E-state index contributed by atoms with van der Waals surface area (Å²) in [7, 11) is 0. The van der Waals surface area contributed by atoms with E-state index in [1.165, 1.54) is 154 Å². The Kier molecular flexibility index (Phi) is 62.9. The summed E-state index contributed by atoms with van der Waals surface area (Å²) < 4.78 is 26.5. The highest BCUT2D eigenvalue weighted by Gasteiger charge is 2.13. The predicted octanol–water partition coefficient (Wildman–Crippen LogP) is 33.1. The maximum atomic E-state index is 5.42. The zero-order chi connectivity index (χ0) is 77.0. The molecule has 0 aromatic heterocycles. The summed E-state index contributed by atoms with van der Waals surface area (Å²) >= 11 is 0. The first-order valence-electron chi connectivity index (χ1n) is 41.0. The Labute approximate surface area is 769 Å². The van der Waals surface area contributed by atoms with Crippen molar-refractivity contribution in [2.75, 3.05) is 33.0 Å². The average Bonchev–Trinajstić information content (AvgIpc) is 1.77. The quantitative estimate of drug-likeness (QED) is 0.153. The molecule has 13 aromatic carbocycles. The van der Waals surface area contributed by atoms with E-state index in [0.717, 1.165) is 95.5 Å². The van der Waals surface area contributed by atoms with Crippen molar-refractivity contribution in [1.29, 1.82) is 0 Å². The van der Waals surface area contributed by atoms with E-state index in [9.17, 15) is 0 Å². The molecule has 0 saturated heterocycles. The van der Waals surface area contributed by atoms with Crippen LogP contribution in [-0.2, 0) is 106 Å². The van der Waals surface area contributed by atoms with Gasteiger partial charge < -0.3 is 29.0 Å². The van der Waals surface area contributed by atoms with Crippen molar-refractivity contribution in [1.82, 2.24) is 5.32 Å². The number of hydrogen-bond donors (Lipinski definition) is 1. The number of allylic oxidation sites excluding steroid dienone is 4. The van der Waals surface area contributed by atoms with Crippen molar-refractivity contribution in [2.45, 2.75) is 226 Å². The lowest BCUT2D eigenvalue weighted by atomic mass is 9.92. The van der Waals surface area contributed by atoms with Crippen molar-refractivity contribution in [3.05, 3.63) is 446 Å². The Balaban J connectivity index is 0. The summed E-state index contributed by atoms with van der Waals surface area (Å²) in [5, 5.41) is 5.96. The molecule has 5 aliphatic heterocycles. The Morgan fingerprint density at radius 2 is 0.516 bits per heavy atom. The fourth-order valence-corrected chi connectivity index (χ4v) is 14.8. The van der Waals surface area contributed by atoms with Gasteiger partial charge in [-0.05, 0) is 233 Å². The maximum absolute atomic E-state index is 5.42. The molecule has 0 radical (unpaired) electrons. The van der Waals surface area contributed by atoms with Crippen LogP contribution in [0.15, 0.2) is 352 Å². The van der Waals surface area contributed by atoms with Gasteiger partial charge in [0, 0.05) is 6.54 Å². The van der Waals surface area contributed by atoms with E-state index in [-0.39, 0.29) is 96.5 Å². The molecule has 10 aliphatic rings. The predicted molar refractivity (Wildman–Crippen MR) is 560 cm³/mol. The van der Waals surface area contributed by atoms with E-state index >= 15 is 0 Å². The fourth-order valence-electron chi connectivity index (χ4n) is 14.8. The molecule has 13 aromatic rings. The summed E-state index contributed by atoms with van der Waals surface area (Å²) in [5.41, 5.74) is 24.8. The van der Waals surface area contributed by atoms with Gasteiger partial charge in [-0.1, -0.05) is 442 Å². The average molecular weight is 1700 g/mol. The highest BCUT2D eigenvalue weighted by Crippen LogP contribution is 2.30. The lowest BCUT2D eigenvalue weighted by Crippen LogP contribution is -2.23. The third kappa shape index (κ3) is 39.0. The van der Waals surface area contributed by atoms with Gasteiger partial charge in [0.25, 0.3) is 0 Å². The number of nitrogens with one attached hydrogen (secondary N) is 1. The molecule has 0 amide bonds. The summed E-state index contributed by atoms with van der Waals surface area (Å²) in [4.78, 5) is 0. The minimum Gasteiger partial charge on any atom is -0.493 e. The first-order chi connectivity index (χ1) is 56.1. The Morgan fingerprint density at radius 3 is 0.952 bits per heavy atom. The standard InChI is InChI=1S/C10H12.2C10H10.C10H8.C9H11N.2C9H10O.C9H10.C9H8.C8H8O2.C8H8O.C6H6.13CH4/c4*1-2-6-10-8-4-3-7-9(10)5-1;1-2-4-9-7-10-6-5-8(9)3-1;1-2-6-9-8(4-1)5-3-7-10-9;1-2-4-9-7-10-6-5-8(9)3-1;2*1-2-5-9-7-3-6-8(9)4-1;1-2-4-8-7(3-1)9-5-6-10-8;1-2-4-8-6-9-5-7(8)3-1;1-2-4-6-5-3-1;;;;;;;;;;;;;/h1-2,5-6H,3-4,7-8H2;1-3,5-7H,4,8H2;1-6H,7-8H2;1-8H;1-4,10H,5-7H2;1-2,4,6H,3,5,7H2;1-4H,5-7H2;1-2,4-5H,3,6-7H2;1-6H,7H2;1-4H,5-6H2;1-4H,5-6H2;1-6H;13*1H4. The highest BCUT2D eigenvalue weighted by molar-refractivity contribution is 5.82. The van der Waals surface area contributed by atoms with Gasteiger partial charge >= 0.3 is 0 Å². The number of benzene rings is 13. The molecule has 0 atom stereocenters. The number of hydrogen-bond acceptors (Lipinski definition) is 6. The number of ether oxygens (including phenoxy) is 5. The summed E-state index contributed by atoms with van der Waals surface area (Å²) in [5.74, 6) is 2.79. The summed E-state index contributed by atoms with van der Waals surface area (Å²) in [6.45, 7) is 7.69. The minimum absolute atomic E-state index is 0. The molecule has 0 unspecified atom stereocenters. The van der Waals surface area contributed by atoms with E-state index < -0.39 is 0 Å². The smallest absolute Gasteiger partial charge is 0.161 e. The SMILES string of the molecule is C.C.C.C.C.C.C.C.C.C.C.C.C.C1=CCc2ccccc2C1.C1=Cc2ccccc2C1.C1=Cc2ccccc2CC1.c1ccc2c(c1)CCC2.c1ccc2c(c1)CCCC2.c1ccc2c(c1)CCCO2.c1ccc2c(c1)CCNC2.c1ccc2c(c1)CCOC2.c1ccc2c(c1)COC2.c1ccc2c(c1)OCCO2.c1ccc2ccccc2c1.c1ccccc1. The van der Waals surface area contributed by atoms with Gasteiger partial charge in [-0.15, -0.1) is 0 Å². The fraction of sp³-hybridized carbons (Fsp3) is 0.317. The van der Waals surface area contributed by atoms with Crippen molar-refractivity contribution in [3.8, 4) is 17.2 Å². The maximum Gasteiger partial charge on any atom is 0.161 e. The van der Waals surface area contributed by atoms with Gasteiger partial charge in [0.2, 0.25) is 0 Å². The molecule has 126 heavy (non-hydrogen) atoms. The Hall–Kier alpha value is -11.4. The lowest BCUT2D eigenvalue weighted by Gasteiger charge is -2.17. The van der Waals surface area contributed by atoms with Crippen LogP contribution in [0.5, 0.6) is 17.2 Å². The van der Waals surface area contributed by atoms with Crippen molar-refractivity contribution in [2.24, 2.45) is 0 Å². The van der Waals surface area contributed by atoms with Crippen LogP contribution in [0.3, 0.4) is 0 Å². The third-order valence-electron chi connectivity index (χ3n) is 21.0. The van der Waals surface area contributed by atoms with Gasteiger partial charge in [-0.2, -0.15) is 0 Å². The van der Waals surface area contributed by atoms with Crippen LogP contribution >= 0.6 is 0 Å². The van der Waals surface area contributed by atoms with E-state index in [1.54, 1.807) is 22.3 Å². The third-order valence-corrected chi connectivity index (χ3v) is 21.0. The molecule has 6 nitrogen and oxygen atoms in total. The van der Waals surface area contributed by atoms with Crippen LogP contribution in [-0.4, -0.2) is 33.0 Å². The second kappa shape index (κ2) is 68.0. The van der Waals surface area contributed by atoms with Crippen molar-refractivity contribution in [3.63, 3.8) is 0 Å². The zero-order valence-corrected chi connectivity index (χ0v) is 65.9. The highest BCUT2D eigenvalue weighted by atomic mass is 16.6. The number of fused-ring (bicyclic) bond motifs is 11. The van der Waals surface area contributed by atoms with Crippen LogP contribution in [0.2, 0.25) is 0 Å². The molecule has 1 N–H and O–H groups in total. The van der Waals surface area contributed by atoms with Crippen LogP contribution < -0.4 is 19.5 Å². The molecular formula is C120H163NO5. The van der Waals surface area contributed by atoms with E-state index in [0.29, 0.717) is 13.2 Å².